The molecule has 0 amide bonds. The quantitative estimate of drug-likeness (QED) is 0.746. The number of phenolic OH excluding ortho intramolecular Hbond substituents is 1. The SMILES string of the molecule is Cc1cccc(/C=C/c2ccccc2O)c1. The van der Waals surface area contributed by atoms with E-state index in [4.69, 9.17) is 0 Å². The van der Waals surface area contributed by atoms with Crippen molar-refractivity contribution in [2.45, 2.75) is 6.92 Å². The molecule has 0 fully saturated rings. The molecule has 0 saturated carbocycles. The fraction of sp³-hybridized carbons (Fsp3) is 0.0667. The molecule has 2 aromatic rings. The van der Waals surface area contributed by atoms with E-state index in [1.807, 2.05) is 42.5 Å². The van der Waals surface area contributed by atoms with Gasteiger partial charge in [0.25, 0.3) is 0 Å². The average Bonchev–Trinajstić information content (AvgIpc) is 2.28. The molecular weight excluding hydrogens is 196 g/mol. The molecule has 0 spiro atoms. The fourth-order valence-electron chi connectivity index (χ4n) is 1.59. The van der Waals surface area contributed by atoms with Crippen molar-refractivity contribution in [3.8, 4) is 5.75 Å². The molecule has 0 aromatic heterocycles. The number of benzene rings is 2. The second-order valence-corrected chi connectivity index (χ2v) is 3.81. The number of aromatic hydroxyl groups is 1. The highest BCUT2D eigenvalue weighted by atomic mass is 16.3. The van der Waals surface area contributed by atoms with E-state index in [-0.39, 0.29) is 0 Å². The molecule has 80 valence electrons. The molecule has 1 heteroatoms. The number of para-hydroxylation sites is 1. The van der Waals surface area contributed by atoms with Crippen LogP contribution in [-0.2, 0) is 0 Å². The Morgan fingerprint density at radius 2 is 1.75 bits per heavy atom. The van der Waals surface area contributed by atoms with Crippen molar-refractivity contribution in [1.29, 1.82) is 0 Å². The van der Waals surface area contributed by atoms with Crippen molar-refractivity contribution in [1.82, 2.24) is 0 Å². The Kier molecular flexibility index (Phi) is 3.06. The Morgan fingerprint density at radius 1 is 0.938 bits per heavy atom. The molecule has 0 atom stereocenters. The third-order valence-electron chi connectivity index (χ3n) is 2.43. The van der Waals surface area contributed by atoms with Crippen molar-refractivity contribution in [3.05, 3.63) is 65.2 Å². The molecule has 0 heterocycles. The van der Waals surface area contributed by atoms with Crippen LogP contribution in [0.1, 0.15) is 16.7 Å². The minimum Gasteiger partial charge on any atom is -0.507 e. The Labute approximate surface area is 95.7 Å². The van der Waals surface area contributed by atoms with Crippen molar-refractivity contribution < 1.29 is 5.11 Å². The maximum absolute atomic E-state index is 9.59. The predicted molar refractivity (Wildman–Crippen MR) is 68.2 cm³/mol. The number of hydrogen-bond donors (Lipinski definition) is 1. The predicted octanol–water partition coefficient (Wildman–Crippen LogP) is 3.87. The van der Waals surface area contributed by atoms with Crippen molar-refractivity contribution >= 4 is 12.2 Å². The van der Waals surface area contributed by atoms with E-state index < -0.39 is 0 Å². The molecule has 2 rings (SSSR count). The van der Waals surface area contributed by atoms with Crippen LogP contribution in [-0.4, -0.2) is 5.11 Å². The van der Waals surface area contributed by atoms with Gasteiger partial charge in [-0.1, -0.05) is 60.2 Å². The summed E-state index contributed by atoms with van der Waals surface area (Å²) >= 11 is 0. The maximum atomic E-state index is 9.59. The fourth-order valence-corrected chi connectivity index (χ4v) is 1.59. The second-order valence-electron chi connectivity index (χ2n) is 3.81. The molecule has 0 unspecified atom stereocenters. The first-order chi connectivity index (χ1) is 7.75. The summed E-state index contributed by atoms with van der Waals surface area (Å²) in [6.07, 6.45) is 3.92. The average molecular weight is 210 g/mol. The molecule has 0 bridgehead atoms. The maximum Gasteiger partial charge on any atom is 0.122 e. The molecule has 1 nitrogen and oxygen atoms in total. The summed E-state index contributed by atoms with van der Waals surface area (Å²) in [5, 5.41) is 9.59. The van der Waals surface area contributed by atoms with Crippen LogP contribution in [0, 0.1) is 6.92 Å². The Balaban J connectivity index is 2.25. The lowest BCUT2D eigenvalue weighted by atomic mass is 10.1. The van der Waals surface area contributed by atoms with E-state index in [0.717, 1.165) is 11.1 Å². The largest absolute Gasteiger partial charge is 0.507 e. The molecule has 1 N–H and O–H groups in total. The van der Waals surface area contributed by atoms with Gasteiger partial charge in [0.2, 0.25) is 0 Å². The highest BCUT2D eigenvalue weighted by Gasteiger charge is 1.94. The lowest BCUT2D eigenvalue weighted by Gasteiger charge is -1.98. The van der Waals surface area contributed by atoms with Crippen molar-refractivity contribution in [2.24, 2.45) is 0 Å². The smallest absolute Gasteiger partial charge is 0.122 e. The summed E-state index contributed by atoms with van der Waals surface area (Å²) in [7, 11) is 0. The van der Waals surface area contributed by atoms with Gasteiger partial charge < -0.3 is 5.11 Å². The minimum absolute atomic E-state index is 0.311. The van der Waals surface area contributed by atoms with Crippen LogP contribution in [0.3, 0.4) is 0 Å². The van der Waals surface area contributed by atoms with E-state index in [2.05, 4.69) is 19.1 Å². The monoisotopic (exact) mass is 210 g/mol. The third-order valence-corrected chi connectivity index (χ3v) is 2.43. The van der Waals surface area contributed by atoms with Gasteiger partial charge in [-0.3, -0.25) is 0 Å². The van der Waals surface area contributed by atoms with Gasteiger partial charge in [0.15, 0.2) is 0 Å². The molecule has 16 heavy (non-hydrogen) atoms. The first-order valence-electron chi connectivity index (χ1n) is 5.28. The zero-order valence-electron chi connectivity index (χ0n) is 9.22. The van der Waals surface area contributed by atoms with Gasteiger partial charge in [-0.15, -0.1) is 0 Å². The number of rotatable bonds is 2. The molecule has 2 aromatic carbocycles. The minimum atomic E-state index is 0.311. The van der Waals surface area contributed by atoms with Gasteiger partial charge in [0.1, 0.15) is 5.75 Å². The topological polar surface area (TPSA) is 20.2 Å². The molecule has 0 aliphatic carbocycles. The number of phenols is 1. The molecule has 0 saturated heterocycles. The van der Waals surface area contributed by atoms with Crippen LogP contribution in [0.4, 0.5) is 0 Å². The molecule has 0 aliphatic rings. The highest BCUT2D eigenvalue weighted by molar-refractivity contribution is 5.72. The summed E-state index contributed by atoms with van der Waals surface area (Å²) in [6.45, 7) is 2.07. The summed E-state index contributed by atoms with van der Waals surface area (Å²) < 4.78 is 0. The van der Waals surface area contributed by atoms with Crippen molar-refractivity contribution in [2.75, 3.05) is 0 Å². The lowest BCUT2D eigenvalue weighted by molar-refractivity contribution is 0.474. The van der Waals surface area contributed by atoms with Crippen LogP contribution < -0.4 is 0 Å². The van der Waals surface area contributed by atoms with Crippen molar-refractivity contribution in [3.63, 3.8) is 0 Å². The second kappa shape index (κ2) is 4.67. The van der Waals surface area contributed by atoms with E-state index >= 15 is 0 Å². The molecular formula is C15H14O. The first kappa shape index (κ1) is 10.5. The van der Waals surface area contributed by atoms with E-state index in [1.165, 1.54) is 5.56 Å². The van der Waals surface area contributed by atoms with Crippen LogP contribution in [0.15, 0.2) is 48.5 Å². The van der Waals surface area contributed by atoms with E-state index in [1.54, 1.807) is 6.07 Å². The van der Waals surface area contributed by atoms with Gasteiger partial charge in [-0.25, -0.2) is 0 Å². The van der Waals surface area contributed by atoms with Gasteiger partial charge in [0.05, 0.1) is 0 Å². The van der Waals surface area contributed by atoms with Gasteiger partial charge in [-0.05, 0) is 18.6 Å². The number of hydrogen-bond acceptors (Lipinski definition) is 1. The lowest BCUT2D eigenvalue weighted by Crippen LogP contribution is -1.76. The normalized spacial score (nSPS) is 10.8. The standard InChI is InChI=1S/C15H14O/c1-12-5-4-6-13(11-12)9-10-14-7-2-3-8-15(14)16/h2-11,16H,1H3/b10-9+. The Hall–Kier alpha value is -2.02. The summed E-state index contributed by atoms with van der Waals surface area (Å²) in [5.41, 5.74) is 3.21. The molecule has 0 aliphatic heterocycles. The van der Waals surface area contributed by atoms with Crippen LogP contribution in [0.25, 0.3) is 12.2 Å². The van der Waals surface area contributed by atoms with Gasteiger partial charge in [0, 0.05) is 5.56 Å². The van der Waals surface area contributed by atoms with Gasteiger partial charge >= 0.3 is 0 Å². The van der Waals surface area contributed by atoms with Crippen LogP contribution >= 0.6 is 0 Å². The van der Waals surface area contributed by atoms with Crippen LogP contribution in [0.2, 0.25) is 0 Å². The van der Waals surface area contributed by atoms with Gasteiger partial charge in [-0.2, -0.15) is 0 Å². The zero-order chi connectivity index (χ0) is 11.4. The summed E-state index contributed by atoms with van der Waals surface area (Å²) in [6, 6.07) is 15.6. The van der Waals surface area contributed by atoms with E-state index in [9.17, 15) is 5.11 Å². The Morgan fingerprint density at radius 3 is 2.50 bits per heavy atom. The highest BCUT2D eigenvalue weighted by Crippen LogP contribution is 2.18. The van der Waals surface area contributed by atoms with E-state index in [0.29, 0.717) is 5.75 Å². The molecule has 0 radical (unpaired) electrons. The summed E-state index contributed by atoms with van der Waals surface area (Å²) in [4.78, 5) is 0. The Bertz CT molecular complexity index is 512. The summed E-state index contributed by atoms with van der Waals surface area (Å²) in [5.74, 6) is 0.311. The first-order valence-corrected chi connectivity index (χ1v) is 5.28. The zero-order valence-corrected chi connectivity index (χ0v) is 9.22. The third kappa shape index (κ3) is 2.51. The van der Waals surface area contributed by atoms with Crippen LogP contribution in [0.5, 0.6) is 5.75 Å². The number of aryl methyl sites for hydroxylation is 1.